The molecule has 2 saturated heterocycles. The maximum absolute atomic E-state index is 15.9. The third-order valence-corrected chi connectivity index (χ3v) is 16.8. The van der Waals surface area contributed by atoms with Gasteiger partial charge in [0, 0.05) is 0 Å². The first kappa shape index (κ1) is 59.5. The smallest absolute Gasteiger partial charge is 0.187 e. The molecule has 0 spiro atoms. The Bertz CT molecular complexity index is 3170. The van der Waals surface area contributed by atoms with Crippen molar-refractivity contribution in [1.82, 2.24) is 0 Å². The summed E-state index contributed by atoms with van der Waals surface area (Å²) in [5, 5.41) is 0. The average molecular weight is 1140 g/mol. The van der Waals surface area contributed by atoms with E-state index in [1.54, 1.807) is 0 Å². The van der Waals surface area contributed by atoms with Crippen LogP contribution in [0.2, 0.25) is 0 Å². The van der Waals surface area contributed by atoms with Crippen LogP contribution in [0.3, 0.4) is 0 Å². The molecule has 0 aromatic heterocycles. The molecule has 10 atom stereocenters. The molecule has 432 valence electrons. The predicted octanol–water partition coefficient (Wildman–Crippen LogP) is 12.2. The molecule has 2 heterocycles. The first-order valence-corrected chi connectivity index (χ1v) is 30.3. The van der Waals surface area contributed by atoms with Crippen LogP contribution in [0.25, 0.3) is 0 Å². The van der Waals surface area contributed by atoms with Crippen LogP contribution in [0.1, 0.15) is 50.9 Å². The van der Waals surface area contributed by atoms with E-state index in [0.29, 0.717) is 6.61 Å². The molecule has 0 bridgehead atoms. The van der Waals surface area contributed by atoms with Crippen LogP contribution in [0.4, 0.5) is 0 Å². The summed E-state index contributed by atoms with van der Waals surface area (Å²) < 4.78 is 101. The first-order valence-electron chi connectivity index (χ1n) is 28.6. The second-order valence-electron chi connectivity index (χ2n) is 21.0. The lowest BCUT2D eigenvalue weighted by atomic mass is 9.92. The number of ether oxygens (including phenoxy) is 10. The Labute approximate surface area is 489 Å². The summed E-state index contributed by atoms with van der Waals surface area (Å²) in [6, 6.07) is 78.8. The quantitative estimate of drug-likeness (QED) is 0.0425. The molecular formula is C70H74O12S. The van der Waals surface area contributed by atoms with Gasteiger partial charge in [-0.15, -0.1) is 0 Å². The zero-order valence-electron chi connectivity index (χ0n) is 46.7. The lowest BCUT2D eigenvalue weighted by Gasteiger charge is -2.47. The molecule has 0 saturated carbocycles. The summed E-state index contributed by atoms with van der Waals surface area (Å²) in [7, 11) is -4.32. The fourth-order valence-electron chi connectivity index (χ4n) is 10.5. The van der Waals surface area contributed by atoms with Gasteiger partial charge in [0.2, 0.25) is 0 Å². The lowest BCUT2D eigenvalue weighted by Crippen LogP contribution is -2.63. The Kier molecular flexibility index (Phi) is 22.4. The Morgan fingerprint density at radius 3 is 0.831 bits per heavy atom. The minimum Gasteiger partial charge on any atom is -0.374 e. The van der Waals surface area contributed by atoms with E-state index < -0.39 is 76.0 Å². The van der Waals surface area contributed by atoms with Gasteiger partial charge >= 0.3 is 0 Å². The second kappa shape index (κ2) is 31.3. The first-order chi connectivity index (χ1) is 40.9. The van der Waals surface area contributed by atoms with Gasteiger partial charge in [-0.2, -0.15) is 0 Å². The largest absolute Gasteiger partial charge is 0.374 e. The average Bonchev–Trinajstić information content (AvgIpc) is 3.72. The third-order valence-electron chi connectivity index (χ3n) is 14.9. The Hall–Kier alpha value is -6.69. The summed E-state index contributed by atoms with van der Waals surface area (Å²) in [5.74, 6) is -0.393. The third kappa shape index (κ3) is 17.7. The van der Waals surface area contributed by atoms with Gasteiger partial charge in [0.05, 0.1) is 77.9 Å². The maximum Gasteiger partial charge on any atom is 0.187 e. The van der Waals surface area contributed by atoms with Gasteiger partial charge in [-0.1, -0.05) is 243 Å². The Balaban J connectivity index is 1.00. The van der Waals surface area contributed by atoms with Crippen LogP contribution < -0.4 is 0 Å². The van der Waals surface area contributed by atoms with Crippen molar-refractivity contribution in [1.29, 1.82) is 0 Å². The van der Waals surface area contributed by atoms with Crippen molar-refractivity contribution < 1.29 is 55.8 Å². The minimum atomic E-state index is -4.32. The number of sulfone groups is 1. The Morgan fingerprint density at radius 1 is 0.277 bits per heavy atom. The highest BCUT2D eigenvalue weighted by Crippen LogP contribution is 2.37. The topological polar surface area (TPSA) is 126 Å². The highest BCUT2D eigenvalue weighted by Gasteiger charge is 2.54. The Morgan fingerprint density at radius 2 is 0.518 bits per heavy atom. The zero-order valence-corrected chi connectivity index (χ0v) is 47.5. The van der Waals surface area contributed by atoms with Gasteiger partial charge < -0.3 is 47.4 Å². The summed E-state index contributed by atoms with van der Waals surface area (Å²) in [6.07, 6.45) is -7.78. The molecule has 13 heteroatoms. The van der Waals surface area contributed by atoms with Gasteiger partial charge in [-0.05, 0) is 50.9 Å². The van der Waals surface area contributed by atoms with Gasteiger partial charge in [0.1, 0.15) is 48.8 Å². The molecule has 12 nitrogen and oxygen atoms in total. The molecule has 83 heavy (non-hydrogen) atoms. The van der Waals surface area contributed by atoms with Gasteiger partial charge in [-0.25, -0.2) is 8.42 Å². The predicted molar refractivity (Wildman–Crippen MR) is 318 cm³/mol. The SMILES string of the molecule is O=S(=O)(CC[C@@H]1O[C@H](COCc2ccccc2)[C@@H](OCc2ccccc2)[C@H](OCc2ccccc2)[C@H]1OCc1ccccc1)[C@@H]1O[C@H](COCc2ccccc2)[C@@H](OCc2ccccc2)[C@H](OCc2ccccc2)[C@H]1OCc1ccccc1. The van der Waals surface area contributed by atoms with E-state index in [9.17, 15) is 0 Å². The zero-order chi connectivity index (χ0) is 56.7. The molecule has 0 N–H and O–H groups in total. The molecular weight excluding hydrogens is 1060 g/mol. The molecule has 10 rings (SSSR count). The fraction of sp³-hybridized carbons (Fsp3) is 0.314. The van der Waals surface area contributed by atoms with Crippen molar-refractivity contribution in [2.24, 2.45) is 0 Å². The molecule has 0 aliphatic carbocycles. The number of benzene rings is 8. The molecule has 2 aliphatic heterocycles. The van der Waals surface area contributed by atoms with E-state index in [-0.39, 0.29) is 65.9 Å². The van der Waals surface area contributed by atoms with Crippen LogP contribution in [-0.4, -0.2) is 87.8 Å². The van der Waals surface area contributed by atoms with Crippen LogP contribution in [0.15, 0.2) is 243 Å². The van der Waals surface area contributed by atoms with E-state index >= 15 is 8.42 Å². The van der Waals surface area contributed by atoms with Crippen molar-refractivity contribution in [2.45, 2.75) is 120 Å². The minimum absolute atomic E-state index is 0.00638. The fourth-order valence-corrected chi connectivity index (χ4v) is 12.3. The van der Waals surface area contributed by atoms with Gasteiger partial charge in [-0.3, -0.25) is 0 Å². The van der Waals surface area contributed by atoms with Crippen molar-refractivity contribution in [2.75, 3.05) is 19.0 Å². The highest BCUT2D eigenvalue weighted by atomic mass is 32.2. The van der Waals surface area contributed by atoms with E-state index in [0.717, 1.165) is 44.5 Å². The summed E-state index contributed by atoms with van der Waals surface area (Å²) >= 11 is 0. The van der Waals surface area contributed by atoms with E-state index in [4.69, 9.17) is 47.4 Å². The van der Waals surface area contributed by atoms with Gasteiger partial charge in [0.25, 0.3) is 0 Å². The molecule has 0 radical (unpaired) electrons. The molecule has 8 aromatic rings. The number of hydrogen-bond acceptors (Lipinski definition) is 12. The van der Waals surface area contributed by atoms with Gasteiger partial charge in [0.15, 0.2) is 15.3 Å². The van der Waals surface area contributed by atoms with E-state index in [1.807, 2.05) is 243 Å². The van der Waals surface area contributed by atoms with Crippen LogP contribution >= 0.6 is 0 Å². The summed E-state index contributed by atoms with van der Waals surface area (Å²) in [4.78, 5) is 0. The maximum atomic E-state index is 15.9. The normalized spacial score (nSPS) is 22.7. The molecule has 0 amide bonds. The monoisotopic (exact) mass is 1140 g/mol. The van der Waals surface area contributed by atoms with Crippen molar-refractivity contribution in [3.8, 4) is 0 Å². The lowest BCUT2D eigenvalue weighted by molar-refractivity contribution is -0.272. The molecule has 0 unspecified atom stereocenters. The van der Waals surface area contributed by atoms with Crippen molar-refractivity contribution in [3.05, 3.63) is 287 Å². The standard InChI is InChI=1S/C70H74O12S/c71-83(72,70-69(80-50-60-39-23-8-24-40-60)68(79-49-59-37-21-7-22-38-59)66(77-47-57-33-17-5-18-34-57)63(82-70)52-74-44-54-27-11-2-12-28-54)42-41-61-64(75-45-55-29-13-3-14-30-55)67(78-48-58-35-19-6-20-36-58)65(76-46-56-31-15-4-16-32-56)62(81-61)51-73-43-53-25-9-1-10-26-53/h1-40,61-70H,41-52H2/t61-,62+,63+,64-,65+,66+,67+,68-,69+,70-/m0/s1. The van der Waals surface area contributed by atoms with Crippen molar-refractivity contribution >= 4 is 9.84 Å². The van der Waals surface area contributed by atoms with Crippen LogP contribution in [0.5, 0.6) is 0 Å². The van der Waals surface area contributed by atoms with E-state index in [1.165, 1.54) is 0 Å². The summed E-state index contributed by atoms with van der Waals surface area (Å²) in [6.45, 7) is 1.78. The molecule has 2 fully saturated rings. The molecule has 2 aliphatic rings. The second-order valence-corrected chi connectivity index (χ2v) is 23.2. The van der Waals surface area contributed by atoms with Crippen LogP contribution in [0, 0.1) is 0 Å². The van der Waals surface area contributed by atoms with Crippen molar-refractivity contribution in [3.63, 3.8) is 0 Å². The summed E-state index contributed by atoms with van der Waals surface area (Å²) in [5.41, 5.74) is 5.91. The highest BCUT2D eigenvalue weighted by molar-refractivity contribution is 7.91. The molecule has 8 aromatic carbocycles. The number of rotatable bonds is 30. The van der Waals surface area contributed by atoms with E-state index in [2.05, 4.69) is 0 Å². The number of hydrogen-bond donors (Lipinski definition) is 0. The van der Waals surface area contributed by atoms with Crippen LogP contribution in [-0.2, 0) is 110 Å².